The van der Waals surface area contributed by atoms with Gasteiger partial charge in [0.25, 0.3) is 0 Å². The van der Waals surface area contributed by atoms with E-state index in [-0.39, 0.29) is 36.7 Å². The summed E-state index contributed by atoms with van der Waals surface area (Å²) in [4.78, 5) is 32.5. The summed E-state index contributed by atoms with van der Waals surface area (Å²) < 4.78 is 0. The number of nitrogens with zero attached hydrogens (tertiary/aromatic N) is 4. The minimum absolute atomic E-state index is 0. The number of carbonyl (C=O) groups is 1. The van der Waals surface area contributed by atoms with Crippen molar-refractivity contribution in [3.05, 3.63) is 168 Å². The summed E-state index contributed by atoms with van der Waals surface area (Å²) in [7, 11) is 0. The normalized spacial score (nSPS) is 11.5. The molecule has 0 saturated carbocycles. The fraction of sp³-hybridized carbons (Fsp3) is 0.170. The third-order valence-corrected chi connectivity index (χ3v) is 9.28. The molecule has 0 atom stereocenters. The summed E-state index contributed by atoms with van der Waals surface area (Å²) >= 11 is 0. The molecule has 2 aromatic heterocycles. The zero-order valence-corrected chi connectivity index (χ0v) is 33.2. The van der Waals surface area contributed by atoms with Crippen molar-refractivity contribution in [2.24, 2.45) is 0 Å². The van der Waals surface area contributed by atoms with Gasteiger partial charge in [0.1, 0.15) is 0 Å². The molecule has 7 rings (SSSR count). The minimum atomic E-state index is 0. The van der Waals surface area contributed by atoms with Crippen LogP contribution in [0.1, 0.15) is 68.6 Å². The van der Waals surface area contributed by atoms with E-state index in [1.165, 1.54) is 11.1 Å². The maximum absolute atomic E-state index is 12.8. The Balaban J connectivity index is 0.00000481. The van der Waals surface area contributed by atoms with Crippen LogP contribution in [0.5, 0.6) is 0 Å². The van der Waals surface area contributed by atoms with Crippen molar-refractivity contribution >= 4 is 5.78 Å². The number of rotatable bonds is 7. The van der Waals surface area contributed by atoms with Crippen LogP contribution in [0.2, 0.25) is 0 Å². The van der Waals surface area contributed by atoms with Gasteiger partial charge >= 0.3 is 0 Å². The van der Waals surface area contributed by atoms with Gasteiger partial charge in [-0.3, -0.25) is 4.79 Å². The molecule has 0 N–H and O–H groups in total. The molecule has 5 nitrogen and oxygen atoms in total. The number of benzene rings is 5. The smallest absolute Gasteiger partial charge is 0.193 e. The first kappa shape index (κ1) is 37.3. The van der Waals surface area contributed by atoms with Gasteiger partial charge in [-0.1, -0.05) is 168 Å². The quantitative estimate of drug-likeness (QED) is 0.118. The molecule has 6 heteroatoms. The average Bonchev–Trinajstić information content (AvgIpc) is 3.17. The van der Waals surface area contributed by atoms with Gasteiger partial charge < -0.3 is 4.98 Å². The van der Waals surface area contributed by atoms with Gasteiger partial charge in [0.15, 0.2) is 23.3 Å². The molecule has 7 aromatic rings. The molecule has 5 aromatic carbocycles. The molecule has 0 aliphatic rings. The first-order chi connectivity index (χ1) is 24.9. The molecule has 0 unspecified atom stereocenters. The molecule has 53 heavy (non-hydrogen) atoms. The number of ketones is 1. The Morgan fingerprint density at radius 3 is 1.40 bits per heavy atom. The van der Waals surface area contributed by atoms with E-state index in [2.05, 4.69) is 102 Å². The third-order valence-electron chi connectivity index (χ3n) is 9.28. The van der Waals surface area contributed by atoms with Gasteiger partial charge in [0.05, 0.1) is 0 Å². The van der Waals surface area contributed by atoms with E-state index < -0.39 is 0 Å². The van der Waals surface area contributed by atoms with Gasteiger partial charge in [0.2, 0.25) is 0 Å². The van der Waals surface area contributed by atoms with Crippen molar-refractivity contribution in [1.82, 2.24) is 19.9 Å². The Bertz CT molecular complexity index is 2250. The predicted octanol–water partition coefficient (Wildman–Crippen LogP) is 11.2. The third kappa shape index (κ3) is 8.46. The van der Waals surface area contributed by atoms with Crippen LogP contribution in [0, 0.1) is 6.07 Å². The predicted molar refractivity (Wildman–Crippen MR) is 211 cm³/mol. The topological polar surface area (TPSA) is 68.6 Å². The molecule has 0 spiro atoms. The maximum atomic E-state index is 12.8. The van der Waals surface area contributed by atoms with Crippen LogP contribution >= 0.6 is 0 Å². The average molecular weight is 870 g/mol. The van der Waals surface area contributed by atoms with E-state index in [9.17, 15) is 4.79 Å². The molecule has 0 bridgehead atoms. The molecule has 265 valence electrons. The molecule has 0 saturated heterocycles. The van der Waals surface area contributed by atoms with Gasteiger partial charge in [-0.2, -0.15) is 0 Å². The van der Waals surface area contributed by atoms with Crippen molar-refractivity contribution < 1.29 is 24.9 Å². The second-order valence-electron chi connectivity index (χ2n) is 15.2. The van der Waals surface area contributed by atoms with Crippen LogP contribution in [0.15, 0.2) is 140 Å². The molecular formula is C47H41IrN4O-. The van der Waals surface area contributed by atoms with E-state index in [1.54, 1.807) is 0 Å². The van der Waals surface area contributed by atoms with Crippen molar-refractivity contribution in [3.8, 4) is 56.5 Å². The second kappa shape index (κ2) is 15.3. The van der Waals surface area contributed by atoms with E-state index in [0.717, 1.165) is 39.1 Å². The Hall–Kier alpha value is -5.42. The van der Waals surface area contributed by atoms with Gasteiger partial charge in [0, 0.05) is 54.1 Å². The summed E-state index contributed by atoms with van der Waals surface area (Å²) in [5.41, 5.74) is 10.3. The van der Waals surface area contributed by atoms with Crippen LogP contribution in [-0.4, -0.2) is 25.7 Å². The van der Waals surface area contributed by atoms with E-state index in [0.29, 0.717) is 28.6 Å². The monoisotopic (exact) mass is 870 g/mol. The summed E-state index contributed by atoms with van der Waals surface area (Å²) in [6.07, 6.45) is 1.81. The van der Waals surface area contributed by atoms with Crippen LogP contribution in [0.25, 0.3) is 56.5 Å². The van der Waals surface area contributed by atoms with Crippen molar-refractivity contribution in [2.45, 2.75) is 52.4 Å². The number of pyridine rings is 1. The molecule has 0 aliphatic heterocycles. The minimum Gasteiger partial charge on any atom is -0.304 e. The molecule has 0 amide bonds. The van der Waals surface area contributed by atoms with Crippen molar-refractivity contribution in [3.63, 3.8) is 0 Å². The summed E-state index contributed by atoms with van der Waals surface area (Å²) in [5.74, 6) is 1.81. The SMILES string of the molecule is CC(C)(C)c1ccc(-c2nc(-c3ccc(C(C)(C)C)cc3)nc(-c3ccc(-c4[c-]cc(-c5ccc(C(=O)c6ccccc6)cc5)cc4)nc3)n2)cc1.[Ir]. The standard InChI is InChI=1S/C47H41N4O.Ir/c1-46(2,3)39-25-20-36(21-26-39)43-49-44(37-22-27-40(28-23-37)47(4,5)6)51-45(50-43)38-24-29-41(48-30-38)33-16-12-31(13-17-33)32-14-18-35(19-15-32)42(52)34-10-8-7-9-11-34;/h7-16,18-30H,1-6H3;/q-1;. The molecular weight excluding hydrogens is 829 g/mol. The number of hydrogen-bond acceptors (Lipinski definition) is 5. The van der Waals surface area contributed by atoms with Gasteiger partial charge in [-0.05, 0) is 27.7 Å². The van der Waals surface area contributed by atoms with Gasteiger partial charge in [-0.15, -0.1) is 29.8 Å². The Morgan fingerprint density at radius 1 is 0.491 bits per heavy atom. The van der Waals surface area contributed by atoms with Crippen LogP contribution in [-0.2, 0) is 30.9 Å². The first-order valence-electron chi connectivity index (χ1n) is 17.6. The fourth-order valence-electron chi connectivity index (χ4n) is 6.02. The molecule has 2 heterocycles. The first-order valence-corrected chi connectivity index (χ1v) is 17.6. The Kier molecular flexibility index (Phi) is 10.8. The summed E-state index contributed by atoms with van der Waals surface area (Å²) in [6, 6.07) is 47.4. The number of hydrogen-bond donors (Lipinski definition) is 0. The van der Waals surface area contributed by atoms with Crippen molar-refractivity contribution in [1.29, 1.82) is 0 Å². The van der Waals surface area contributed by atoms with Crippen LogP contribution in [0.3, 0.4) is 0 Å². The maximum Gasteiger partial charge on any atom is 0.193 e. The Morgan fingerprint density at radius 2 is 0.943 bits per heavy atom. The van der Waals surface area contributed by atoms with Gasteiger partial charge in [-0.25, -0.2) is 15.0 Å². The summed E-state index contributed by atoms with van der Waals surface area (Å²) in [6.45, 7) is 13.3. The molecule has 0 fully saturated rings. The molecule has 1 radical (unpaired) electrons. The van der Waals surface area contributed by atoms with Crippen LogP contribution in [0.4, 0.5) is 0 Å². The molecule has 0 aliphatic carbocycles. The van der Waals surface area contributed by atoms with Crippen LogP contribution < -0.4 is 0 Å². The Labute approximate surface area is 326 Å². The number of aromatic nitrogens is 4. The zero-order chi connectivity index (χ0) is 36.5. The largest absolute Gasteiger partial charge is 0.304 e. The summed E-state index contributed by atoms with van der Waals surface area (Å²) in [5, 5.41) is 0. The van der Waals surface area contributed by atoms with E-state index >= 15 is 0 Å². The number of carbonyl (C=O) groups excluding carboxylic acids is 1. The second-order valence-corrected chi connectivity index (χ2v) is 15.2. The van der Waals surface area contributed by atoms with Crippen molar-refractivity contribution in [2.75, 3.05) is 0 Å². The fourth-order valence-corrected chi connectivity index (χ4v) is 6.02. The van der Waals surface area contributed by atoms with E-state index in [1.807, 2.05) is 85.1 Å². The zero-order valence-electron chi connectivity index (χ0n) is 30.8. The van der Waals surface area contributed by atoms with E-state index in [4.69, 9.17) is 19.9 Å².